The lowest BCUT2D eigenvalue weighted by Gasteiger charge is -2.20. The highest BCUT2D eigenvalue weighted by Crippen LogP contribution is 2.19. The minimum atomic E-state index is 0.211. The molecule has 1 amide bonds. The lowest BCUT2D eigenvalue weighted by atomic mass is 9.89. The van der Waals surface area contributed by atoms with Gasteiger partial charge in [-0.25, -0.2) is 0 Å². The Morgan fingerprint density at radius 2 is 1.69 bits per heavy atom. The van der Waals surface area contributed by atoms with Gasteiger partial charge in [0.1, 0.15) is 0 Å². The monoisotopic (exact) mass is 227 g/mol. The van der Waals surface area contributed by atoms with Gasteiger partial charge in [0, 0.05) is 12.5 Å². The summed E-state index contributed by atoms with van der Waals surface area (Å²) in [5.74, 6) is 0.932. The molecule has 16 heavy (non-hydrogen) atoms. The highest BCUT2D eigenvalue weighted by molar-refractivity contribution is 5.78. The highest BCUT2D eigenvalue weighted by Gasteiger charge is 2.20. The van der Waals surface area contributed by atoms with Crippen LogP contribution in [0.1, 0.15) is 66.2 Å². The quantitative estimate of drug-likeness (QED) is 0.597. The van der Waals surface area contributed by atoms with E-state index in [1.165, 1.54) is 19.3 Å². The number of hydrogen-bond donors (Lipinski definition) is 1. The molecule has 0 aromatic heterocycles. The molecule has 96 valence electrons. The van der Waals surface area contributed by atoms with Gasteiger partial charge >= 0.3 is 0 Å². The van der Waals surface area contributed by atoms with Gasteiger partial charge in [-0.1, -0.05) is 53.4 Å². The van der Waals surface area contributed by atoms with Gasteiger partial charge in [-0.2, -0.15) is 0 Å². The minimum Gasteiger partial charge on any atom is -0.356 e. The van der Waals surface area contributed by atoms with E-state index in [9.17, 15) is 4.79 Å². The largest absolute Gasteiger partial charge is 0.356 e. The van der Waals surface area contributed by atoms with Gasteiger partial charge in [0.15, 0.2) is 0 Å². The summed E-state index contributed by atoms with van der Waals surface area (Å²) >= 11 is 0. The van der Waals surface area contributed by atoms with Crippen molar-refractivity contribution in [2.24, 2.45) is 11.8 Å². The van der Waals surface area contributed by atoms with Crippen LogP contribution in [0.2, 0.25) is 0 Å². The Kier molecular flexibility index (Phi) is 9.36. The van der Waals surface area contributed by atoms with E-state index >= 15 is 0 Å². The Hall–Kier alpha value is -0.530. The SMILES string of the molecule is CCCCC[C@H](C(=O)NCCCC)C(C)C. The van der Waals surface area contributed by atoms with Gasteiger partial charge in [-0.15, -0.1) is 0 Å². The normalized spacial score (nSPS) is 12.8. The Labute approximate surface area is 101 Å². The van der Waals surface area contributed by atoms with Crippen LogP contribution in [0.15, 0.2) is 0 Å². The van der Waals surface area contributed by atoms with Crippen molar-refractivity contribution in [1.82, 2.24) is 5.32 Å². The number of nitrogens with one attached hydrogen (secondary N) is 1. The first-order valence-electron chi connectivity index (χ1n) is 6.91. The fourth-order valence-electron chi connectivity index (χ4n) is 1.90. The summed E-state index contributed by atoms with van der Waals surface area (Å²) in [7, 11) is 0. The molecule has 0 aliphatic rings. The Bertz CT molecular complexity index is 178. The van der Waals surface area contributed by atoms with Crippen molar-refractivity contribution < 1.29 is 4.79 Å². The second kappa shape index (κ2) is 9.68. The van der Waals surface area contributed by atoms with Crippen molar-refractivity contribution >= 4 is 5.91 Å². The molecule has 0 aliphatic carbocycles. The predicted octanol–water partition coefficient (Wildman–Crippen LogP) is 3.76. The second-order valence-electron chi connectivity index (χ2n) is 4.99. The van der Waals surface area contributed by atoms with Crippen LogP contribution in [0, 0.1) is 11.8 Å². The van der Waals surface area contributed by atoms with Crippen LogP contribution in [0.25, 0.3) is 0 Å². The van der Waals surface area contributed by atoms with E-state index in [0.29, 0.717) is 5.92 Å². The zero-order valence-electron chi connectivity index (χ0n) is 11.5. The molecule has 0 unspecified atom stereocenters. The zero-order chi connectivity index (χ0) is 12.4. The topological polar surface area (TPSA) is 29.1 Å². The Balaban J connectivity index is 3.93. The van der Waals surface area contributed by atoms with Gasteiger partial charge < -0.3 is 5.32 Å². The van der Waals surface area contributed by atoms with E-state index in [0.717, 1.165) is 25.8 Å². The number of hydrogen-bond acceptors (Lipinski definition) is 1. The van der Waals surface area contributed by atoms with E-state index in [1.807, 2.05) is 0 Å². The number of unbranched alkanes of at least 4 members (excludes halogenated alkanes) is 3. The number of amides is 1. The van der Waals surface area contributed by atoms with Gasteiger partial charge in [0.05, 0.1) is 0 Å². The molecule has 0 saturated heterocycles. The molecular formula is C14H29NO. The first-order chi connectivity index (χ1) is 7.63. The summed E-state index contributed by atoms with van der Waals surface area (Å²) in [5.41, 5.74) is 0. The molecule has 0 aliphatic heterocycles. The van der Waals surface area contributed by atoms with E-state index in [2.05, 4.69) is 33.0 Å². The van der Waals surface area contributed by atoms with Crippen LogP contribution in [-0.2, 0) is 4.79 Å². The standard InChI is InChI=1S/C14H29NO/c1-5-7-9-10-13(12(3)4)14(16)15-11-8-6-2/h12-13H,5-11H2,1-4H3,(H,15,16)/t13-/m0/s1. The number of carbonyl (C=O) groups is 1. The molecule has 0 radical (unpaired) electrons. The molecule has 0 fully saturated rings. The molecule has 0 spiro atoms. The zero-order valence-corrected chi connectivity index (χ0v) is 11.5. The third kappa shape index (κ3) is 6.86. The smallest absolute Gasteiger partial charge is 0.223 e. The molecule has 1 atom stereocenters. The summed E-state index contributed by atoms with van der Waals surface area (Å²) in [4.78, 5) is 11.9. The summed E-state index contributed by atoms with van der Waals surface area (Å²) in [6.45, 7) is 9.48. The summed E-state index contributed by atoms with van der Waals surface area (Å²) in [6, 6.07) is 0. The fourth-order valence-corrected chi connectivity index (χ4v) is 1.90. The first kappa shape index (κ1) is 15.5. The van der Waals surface area contributed by atoms with Crippen molar-refractivity contribution in [3.05, 3.63) is 0 Å². The van der Waals surface area contributed by atoms with Crippen molar-refractivity contribution in [2.75, 3.05) is 6.54 Å². The first-order valence-corrected chi connectivity index (χ1v) is 6.91. The van der Waals surface area contributed by atoms with E-state index in [4.69, 9.17) is 0 Å². The summed E-state index contributed by atoms with van der Waals surface area (Å²) < 4.78 is 0. The Morgan fingerprint density at radius 3 is 2.19 bits per heavy atom. The van der Waals surface area contributed by atoms with Gasteiger partial charge in [-0.05, 0) is 18.8 Å². The molecule has 2 heteroatoms. The third-order valence-corrected chi connectivity index (χ3v) is 3.09. The molecule has 0 aromatic carbocycles. The van der Waals surface area contributed by atoms with Gasteiger partial charge in [-0.3, -0.25) is 4.79 Å². The second-order valence-corrected chi connectivity index (χ2v) is 4.99. The molecule has 1 N–H and O–H groups in total. The van der Waals surface area contributed by atoms with Crippen LogP contribution in [-0.4, -0.2) is 12.5 Å². The van der Waals surface area contributed by atoms with E-state index < -0.39 is 0 Å². The minimum absolute atomic E-state index is 0.211. The molecule has 0 heterocycles. The van der Waals surface area contributed by atoms with Crippen molar-refractivity contribution in [2.45, 2.75) is 66.2 Å². The molecule has 0 saturated carbocycles. The molecular weight excluding hydrogens is 198 g/mol. The number of carbonyl (C=O) groups excluding carboxylic acids is 1. The lowest BCUT2D eigenvalue weighted by molar-refractivity contribution is -0.126. The maximum Gasteiger partial charge on any atom is 0.223 e. The maximum absolute atomic E-state index is 11.9. The van der Waals surface area contributed by atoms with Crippen molar-refractivity contribution in [3.63, 3.8) is 0 Å². The van der Waals surface area contributed by atoms with Crippen molar-refractivity contribution in [3.8, 4) is 0 Å². The summed E-state index contributed by atoms with van der Waals surface area (Å²) in [5, 5.41) is 3.05. The van der Waals surface area contributed by atoms with Crippen LogP contribution < -0.4 is 5.32 Å². The average molecular weight is 227 g/mol. The molecule has 0 aromatic rings. The fraction of sp³-hybridized carbons (Fsp3) is 0.929. The molecule has 2 nitrogen and oxygen atoms in total. The third-order valence-electron chi connectivity index (χ3n) is 3.09. The highest BCUT2D eigenvalue weighted by atomic mass is 16.1. The van der Waals surface area contributed by atoms with Crippen LogP contribution in [0.4, 0.5) is 0 Å². The molecule has 0 bridgehead atoms. The maximum atomic E-state index is 11.9. The van der Waals surface area contributed by atoms with Crippen LogP contribution in [0.3, 0.4) is 0 Å². The van der Waals surface area contributed by atoms with Gasteiger partial charge in [0.25, 0.3) is 0 Å². The van der Waals surface area contributed by atoms with Crippen LogP contribution >= 0.6 is 0 Å². The summed E-state index contributed by atoms with van der Waals surface area (Å²) in [6.07, 6.45) is 6.92. The van der Waals surface area contributed by atoms with E-state index in [1.54, 1.807) is 0 Å². The van der Waals surface area contributed by atoms with E-state index in [-0.39, 0.29) is 11.8 Å². The lowest BCUT2D eigenvalue weighted by Crippen LogP contribution is -2.34. The Morgan fingerprint density at radius 1 is 1.06 bits per heavy atom. The van der Waals surface area contributed by atoms with Gasteiger partial charge in [0.2, 0.25) is 5.91 Å². The number of rotatable bonds is 9. The predicted molar refractivity (Wildman–Crippen MR) is 70.4 cm³/mol. The average Bonchev–Trinajstić information content (AvgIpc) is 2.24. The van der Waals surface area contributed by atoms with Crippen LogP contribution in [0.5, 0.6) is 0 Å². The molecule has 0 rings (SSSR count). The van der Waals surface area contributed by atoms with Crippen molar-refractivity contribution in [1.29, 1.82) is 0 Å².